The Hall–Kier alpha value is -0.920. The van der Waals surface area contributed by atoms with Crippen LogP contribution in [0.2, 0.25) is 0 Å². The van der Waals surface area contributed by atoms with Gasteiger partial charge >= 0.3 is 0 Å². The molecule has 0 atom stereocenters. The average Bonchev–Trinajstić information content (AvgIpc) is 3.23. The molecule has 6 nitrogen and oxygen atoms in total. The first-order valence-electron chi connectivity index (χ1n) is 9.16. The predicted octanol–water partition coefficient (Wildman–Crippen LogP) is 2.45. The lowest BCUT2D eigenvalue weighted by Crippen LogP contribution is -2.38. The van der Waals surface area contributed by atoms with Crippen molar-refractivity contribution in [2.24, 2.45) is 5.92 Å². The maximum atomic E-state index is 12.7. The zero-order valence-electron chi connectivity index (χ0n) is 14.1. The molecule has 1 aromatic rings. The summed E-state index contributed by atoms with van der Waals surface area (Å²) in [5.74, 6) is 2.61. The van der Waals surface area contributed by atoms with E-state index in [1.165, 1.54) is 12.8 Å². The molecule has 1 saturated carbocycles. The van der Waals surface area contributed by atoms with Gasteiger partial charge in [0.1, 0.15) is 5.76 Å². The second-order valence-electron chi connectivity index (χ2n) is 7.32. The lowest BCUT2D eigenvalue weighted by atomic mass is 10.0. The van der Waals surface area contributed by atoms with Gasteiger partial charge in [-0.2, -0.15) is 4.31 Å². The SMILES string of the molecule is O=S(=O)(CC1CCCC1)N1CCc2oc(C3CCOCC3)nc2C1. The van der Waals surface area contributed by atoms with Gasteiger partial charge in [0.2, 0.25) is 10.0 Å². The van der Waals surface area contributed by atoms with Crippen molar-refractivity contribution >= 4 is 10.0 Å². The third-order valence-electron chi connectivity index (χ3n) is 5.59. The maximum Gasteiger partial charge on any atom is 0.214 e. The molecule has 3 heterocycles. The summed E-state index contributed by atoms with van der Waals surface area (Å²) in [7, 11) is -3.19. The fourth-order valence-electron chi connectivity index (χ4n) is 4.13. The zero-order chi connectivity index (χ0) is 16.6. The van der Waals surface area contributed by atoms with Crippen LogP contribution in [0.1, 0.15) is 61.8 Å². The molecule has 3 aliphatic rings. The lowest BCUT2D eigenvalue weighted by molar-refractivity contribution is 0.0791. The first-order chi connectivity index (χ1) is 11.6. The average molecular weight is 354 g/mol. The van der Waals surface area contributed by atoms with E-state index in [9.17, 15) is 8.42 Å². The number of fused-ring (bicyclic) bond motifs is 1. The molecule has 0 bridgehead atoms. The van der Waals surface area contributed by atoms with Crippen LogP contribution >= 0.6 is 0 Å². The van der Waals surface area contributed by atoms with Crippen molar-refractivity contribution in [3.05, 3.63) is 17.3 Å². The van der Waals surface area contributed by atoms with Gasteiger partial charge < -0.3 is 9.15 Å². The molecule has 0 N–H and O–H groups in total. The van der Waals surface area contributed by atoms with Crippen LogP contribution in [0.15, 0.2) is 4.42 Å². The summed E-state index contributed by atoms with van der Waals surface area (Å²) in [4.78, 5) is 4.64. The zero-order valence-corrected chi connectivity index (χ0v) is 14.9. The summed E-state index contributed by atoms with van der Waals surface area (Å²) in [6.07, 6.45) is 6.94. The molecule has 1 aromatic heterocycles. The molecule has 134 valence electrons. The van der Waals surface area contributed by atoms with Gasteiger partial charge in [-0.05, 0) is 31.6 Å². The van der Waals surface area contributed by atoms with E-state index in [0.29, 0.717) is 37.1 Å². The Morgan fingerprint density at radius 1 is 1.12 bits per heavy atom. The van der Waals surface area contributed by atoms with Gasteiger partial charge in [-0.15, -0.1) is 0 Å². The highest BCUT2D eigenvalue weighted by Gasteiger charge is 2.33. The summed E-state index contributed by atoms with van der Waals surface area (Å²) >= 11 is 0. The number of ether oxygens (including phenoxy) is 1. The van der Waals surface area contributed by atoms with Gasteiger partial charge in [-0.1, -0.05) is 12.8 Å². The van der Waals surface area contributed by atoms with Crippen molar-refractivity contribution in [1.82, 2.24) is 9.29 Å². The number of rotatable bonds is 4. The molecule has 0 spiro atoms. The largest absolute Gasteiger partial charge is 0.445 e. The van der Waals surface area contributed by atoms with Crippen LogP contribution in [-0.4, -0.2) is 43.2 Å². The fourth-order valence-corrected chi connectivity index (χ4v) is 5.96. The smallest absolute Gasteiger partial charge is 0.214 e. The van der Waals surface area contributed by atoms with Crippen LogP contribution in [-0.2, 0) is 27.7 Å². The molecular formula is C17H26N2O4S. The van der Waals surface area contributed by atoms with E-state index in [0.717, 1.165) is 56.2 Å². The number of hydrogen-bond acceptors (Lipinski definition) is 5. The summed E-state index contributed by atoms with van der Waals surface area (Å²) in [6, 6.07) is 0. The van der Waals surface area contributed by atoms with E-state index in [4.69, 9.17) is 9.15 Å². The highest BCUT2D eigenvalue weighted by molar-refractivity contribution is 7.89. The van der Waals surface area contributed by atoms with Gasteiger partial charge in [0.05, 0.1) is 18.0 Å². The van der Waals surface area contributed by atoms with E-state index in [1.807, 2.05) is 0 Å². The minimum atomic E-state index is -3.19. The van der Waals surface area contributed by atoms with E-state index in [-0.39, 0.29) is 0 Å². The molecule has 0 amide bonds. The summed E-state index contributed by atoms with van der Waals surface area (Å²) in [5, 5.41) is 0. The van der Waals surface area contributed by atoms with Crippen LogP contribution < -0.4 is 0 Å². The van der Waals surface area contributed by atoms with Gasteiger partial charge in [0.25, 0.3) is 0 Å². The molecule has 0 radical (unpaired) electrons. The molecule has 0 unspecified atom stereocenters. The first kappa shape index (κ1) is 16.5. The number of aromatic nitrogens is 1. The molecular weight excluding hydrogens is 328 g/mol. The highest BCUT2D eigenvalue weighted by Crippen LogP contribution is 2.32. The van der Waals surface area contributed by atoms with E-state index in [1.54, 1.807) is 4.31 Å². The van der Waals surface area contributed by atoms with Gasteiger partial charge in [-0.25, -0.2) is 13.4 Å². The third kappa shape index (κ3) is 3.39. The van der Waals surface area contributed by atoms with Crippen LogP contribution in [0.3, 0.4) is 0 Å². The van der Waals surface area contributed by atoms with Gasteiger partial charge in [0, 0.05) is 32.1 Å². The van der Waals surface area contributed by atoms with E-state index in [2.05, 4.69) is 4.98 Å². The van der Waals surface area contributed by atoms with Crippen LogP contribution in [0.5, 0.6) is 0 Å². The van der Waals surface area contributed by atoms with Crippen molar-refractivity contribution in [3.8, 4) is 0 Å². The molecule has 1 saturated heterocycles. The molecule has 24 heavy (non-hydrogen) atoms. The fraction of sp³-hybridized carbons (Fsp3) is 0.824. The van der Waals surface area contributed by atoms with Crippen LogP contribution in [0.4, 0.5) is 0 Å². The Balaban J connectivity index is 1.45. The number of sulfonamides is 1. The normalized spacial score (nSPS) is 24.3. The molecule has 2 fully saturated rings. The van der Waals surface area contributed by atoms with Crippen LogP contribution in [0, 0.1) is 5.92 Å². The number of hydrogen-bond donors (Lipinski definition) is 0. The summed E-state index contributed by atoms with van der Waals surface area (Å²) in [5.41, 5.74) is 0.817. The Morgan fingerprint density at radius 2 is 1.88 bits per heavy atom. The second kappa shape index (κ2) is 6.77. The molecule has 1 aliphatic carbocycles. The Labute approximate surface area is 143 Å². The van der Waals surface area contributed by atoms with Crippen molar-refractivity contribution in [2.75, 3.05) is 25.5 Å². The minimum Gasteiger partial charge on any atom is -0.445 e. The Bertz CT molecular complexity index is 673. The summed E-state index contributed by atoms with van der Waals surface area (Å²) in [6.45, 7) is 2.39. The molecule has 4 rings (SSSR count). The second-order valence-corrected chi connectivity index (χ2v) is 9.33. The van der Waals surface area contributed by atoms with Crippen molar-refractivity contribution in [1.29, 1.82) is 0 Å². The molecule has 0 aromatic carbocycles. The Kier molecular flexibility index (Phi) is 4.66. The van der Waals surface area contributed by atoms with Crippen molar-refractivity contribution < 1.29 is 17.6 Å². The molecule has 7 heteroatoms. The van der Waals surface area contributed by atoms with Crippen LogP contribution in [0.25, 0.3) is 0 Å². The minimum absolute atomic E-state index is 0.299. The van der Waals surface area contributed by atoms with E-state index >= 15 is 0 Å². The van der Waals surface area contributed by atoms with Crippen molar-refractivity contribution in [3.63, 3.8) is 0 Å². The lowest BCUT2D eigenvalue weighted by Gasteiger charge is -2.25. The number of oxazole rings is 1. The highest BCUT2D eigenvalue weighted by atomic mass is 32.2. The quantitative estimate of drug-likeness (QED) is 0.830. The topological polar surface area (TPSA) is 72.6 Å². The maximum absolute atomic E-state index is 12.7. The van der Waals surface area contributed by atoms with Gasteiger partial charge in [-0.3, -0.25) is 0 Å². The molecule has 2 aliphatic heterocycles. The standard InChI is InChI=1S/C17H26N2O4S/c20-24(21,12-13-3-1-2-4-13)19-8-5-16-15(11-19)18-17(23-16)14-6-9-22-10-7-14/h13-14H,1-12H2. The number of nitrogens with zero attached hydrogens (tertiary/aromatic N) is 2. The first-order valence-corrected chi connectivity index (χ1v) is 10.8. The third-order valence-corrected chi connectivity index (χ3v) is 7.59. The monoisotopic (exact) mass is 354 g/mol. The Morgan fingerprint density at radius 3 is 2.62 bits per heavy atom. The predicted molar refractivity (Wildman–Crippen MR) is 89.2 cm³/mol. The van der Waals surface area contributed by atoms with Gasteiger partial charge in [0.15, 0.2) is 5.89 Å². The van der Waals surface area contributed by atoms with Crippen molar-refractivity contribution in [2.45, 2.75) is 57.4 Å². The summed E-state index contributed by atoms with van der Waals surface area (Å²) < 4.78 is 38.4. The van der Waals surface area contributed by atoms with E-state index < -0.39 is 10.0 Å².